The minimum Gasteiger partial charge on any atom is -0.460 e. The molecule has 11 nitrogen and oxygen atoms in total. The standard InChI is InChI=1S/C31H34F4N4O7/c1-17(31(33,34)35)39(16-18-5-7-20(32)8-6-18)24(40)13-19-15-30(26(42)38-28(44)46-30)23-10-9-21(14-22(19)23)37-27(43)36-12-11-25(41)45-29(2,3)4/h5-10,14,17,19H,11-13,15-16H2,1-4H3,(H2,36,37,43)(H,38,42,44)/t17-,19?,30+/m0/s1. The summed E-state index contributed by atoms with van der Waals surface area (Å²) in [4.78, 5) is 63.6. The monoisotopic (exact) mass is 650 g/mol. The van der Waals surface area contributed by atoms with Crippen molar-refractivity contribution in [2.24, 2.45) is 0 Å². The van der Waals surface area contributed by atoms with Crippen molar-refractivity contribution < 1.29 is 51.0 Å². The minimum absolute atomic E-state index is 0.0384. The number of rotatable bonds is 9. The van der Waals surface area contributed by atoms with Gasteiger partial charge in [-0.25, -0.2) is 14.0 Å². The molecule has 15 heteroatoms. The Morgan fingerprint density at radius 3 is 2.37 bits per heavy atom. The lowest BCUT2D eigenvalue weighted by molar-refractivity contribution is -0.187. The smallest absolute Gasteiger partial charge is 0.415 e. The van der Waals surface area contributed by atoms with Gasteiger partial charge in [0.25, 0.3) is 5.91 Å². The van der Waals surface area contributed by atoms with E-state index in [1.54, 1.807) is 20.8 Å². The molecule has 1 aliphatic heterocycles. The van der Waals surface area contributed by atoms with Gasteiger partial charge in [-0.3, -0.25) is 19.7 Å². The van der Waals surface area contributed by atoms with Crippen LogP contribution in [0.5, 0.6) is 0 Å². The quantitative estimate of drug-likeness (QED) is 0.256. The second kappa shape index (κ2) is 13.0. The third-order valence-electron chi connectivity index (χ3n) is 7.55. The SMILES string of the molecule is C[C@H](N(Cc1ccc(F)cc1)C(=O)CC1C[C@@]2(OC(=O)NC2=O)c2ccc(NC(=O)NCCC(=O)OC(C)(C)C)cc21)C(F)(F)F. The zero-order valence-electron chi connectivity index (χ0n) is 25.5. The Hall–Kier alpha value is -4.69. The summed E-state index contributed by atoms with van der Waals surface area (Å²) < 4.78 is 65.6. The molecule has 2 aliphatic rings. The molecule has 3 N–H and O–H groups in total. The molecule has 0 aromatic heterocycles. The molecule has 1 unspecified atom stereocenters. The number of nitrogens with one attached hydrogen (secondary N) is 3. The molecule has 0 radical (unpaired) electrons. The van der Waals surface area contributed by atoms with Crippen molar-refractivity contribution in [3.05, 3.63) is 65.0 Å². The van der Waals surface area contributed by atoms with Crippen molar-refractivity contribution >= 4 is 35.6 Å². The van der Waals surface area contributed by atoms with E-state index >= 15 is 0 Å². The lowest BCUT2D eigenvalue weighted by atomic mass is 9.94. The van der Waals surface area contributed by atoms with Crippen molar-refractivity contribution in [2.45, 2.75) is 82.8 Å². The number of carbonyl (C=O) groups is 5. The highest BCUT2D eigenvalue weighted by atomic mass is 19.4. The molecule has 0 saturated carbocycles. The Morgan fingerprint density at radius 2 is 1.78 bits per heavy atom. The van der Waals surface area contributed by atoms with Crippen LogP contribution in [0.1, 0.15) is 69.6 Å². The fourth-order valence-corrected chi connectivity index (χ4v) is 5.41. The highest BCUT2D eigenvalue weighted by molar-refractivity contribution is 6.04. The van der Waals surface area contributed by atoms with Crippen LogP contribution in [-0.2, 0) is 36.0 Å². The van der Waals surface area contributed by atoms with Gasteiger partial charge in [0.15, 0.2) is 0 Å². The number of ether oxygens (including phenoxy) is 2. The molecule has 248 valence electrons. The second-order valence-electron chi connectivity index (χ2n) is 12.2. The number of hydrogen-bond acceptors (Lipinski definition) is 7. The molecule has 0 bridgehead atoms. The average Bonchev–Trinajstić information content (AvgIpc) is 3.39. The Kier molecular flexibility index (Phi) is 9.64. The van der Waals surface area contributed by atoms with Gasteiger partial charge in [-0.15, -0.1) is 0 Å². The number of anilines is 1. The van der Waals surface area contributed by atoms with E-state index in [2.05, 4.69) is 16.0 Å². The minimum atomic E-state index is -4.78. The first-order chi connectivity index (χ1) is 21.4. The van der Waals surface area contributed by atoms with E-state index in [1.165, 1.54) is 30.3 Å². The number of halogens is 4. The number of alkyl carbamates (subject to hydrolysis) is 1. The van der Waals surface area contributed by atoms with Crippen LogP contribution in [0.15, 0.2) is 42.5 Å². The number of esters is 1. The van der Waals surface area contributed by atoms with E-state index < -0.39 is 78.0 Å². The van der Waals surface area contributed by atoms with Gasteiger partial charge in [-0.2, -0.15) is 13.2 Å². The van der Waals surface area contributed by atoms with Crippen molar-refractivity contribution in [1.82, 2.24) is 15.5 Å². The number of alkyl halides is 3. The van der Waals surface area contributed by atoms with E-state index in [4.69, 9.17) is 9.47 Å². The average molecular weight is 651 g/mol. The summed E-state index contributed by atoms with van der Waals surface area (Å²) in [5.41, 5.74) is -1.50. The molecule has 1 fully saturated rings. The number of fused-ring (bicyclic) bond motifs is 2. The topological polar surface area (TPSA) is 143 Å². The van der Waals surface area contributed by atoms with Crippen LogP contribution in [0.25, 0.3) is 0 Å². The zero-order chi connectivity index (χ0) is 34.0. The normalized spacial score (nSPS) is 19.6. The van der Waals surface area contributed by atoms with Gasteiger partial charge in [-0.05, 0) is 69.0 Å². The predicted octanol–water partition coefficient (Wildman–Crippen LogP) is 5.00. The van der Waals surface area contributed by atoms with Crippen LogP contribution >= 0.6 is 0 Å². The Bertz CT molecular complexity index is 1520. The number of urea groups is 1. The first kappa shape index (κ1) is 34.2. The fraction of sp³-hybridized carbons (Fsp3) is 0.452. The summed E-state index contributed by atoms with van der Waals surface area (Å²) in [6.07, 6.45) is -6.63. The largest absolute Gasteiger partial charge is 0.460 e. The summed E-state index contributed by atoms with van der Waals surface area (Å²) >= 11 is 0. The first-order valence-corrected chi connectivity index (χ1v) is 14.4. The van der Waals surface area contributed by atoms with Crippen LogP contribution in [-0.4, -0.2) is 59.2 Å². The summed E-state index contributed by atoms with van der Waals surface area (Å²) in [7, 11) is 0. The molecule has 5 amide bonds. The molecule has 3 atom stereocenters. The van der Waals surface area contributed by atoms with Crippen molar-refractivity contribution in [3.63, 3.8) is 0 Å². The van der Waals surface area contributed by atoms with Gasteiger partial charge in [0.1, 0.15) is 17.5 Å². The number of imide groups is 1. The van der Waals surface area contributed by atoms with Crippen LogP contribution < -0.4 is 16.0 Å². The van der Waals surface area contributed by atoms with Gasteiger partial charge in [0, 0.05) is 37.2 Å². The maximum atomic E-state index is 13.9. The maximum absolute atomic E-state index is 13.9. The Morgan fingerprint density at radius 1 is 1.11 bits per heavy atom. The molecular formula is C31H34F4N4O7. The number of nitrogens with zero attached hydrogens (tertiary/aromatic N) is 1. The number of amides is 5. The van der Waals surface area contributed by atoms with Crippen LogP contribution in [0, 0.1) is 5.82 Å². The second-order valence-corrected chi connectivity index (χ2v) is 12.2. The van der Waals surface area contributed by atoms with E-state index in [9.17, 15) is 41.5 Å². The molecule has 1 aliphatic carbocycles. The van der Waals surface area contributed by atoms with Gasteiger partial charge in [0.2, 0.25) is 11.5 Å². The lowest BCUT2D eigenvalue weighted by Crippen LogP contribution is -2.46. The zero-order valence-corrected chi connectivity index (χ0v) is 25.5. The van der Waals surface area contributed by atoms with E-state index in [0.29, 0.717) is 10.5 Å². The third-order valence-corrected chi connectivity index (χ3v) is 7.55. The Labute approximate surface area is 262 Å². The molecule has 46 heavy (non-hydrogen) atoms. The fourth-order valence-electron chi connectivity index (χ4n) is 5.41. The summed E-state index contributed by atoms with van der Waals surface area (Å²) in [5.74, 6) is -3.71. The number of benzene rings is 2. The van der Waals surface area contributed by atoms with Gasteiger partial charge in [0.05, 0.1) is 6.42 Å². The van der Waals surface area contributed by atoms with E-state index in [-0.39, 0.29) is 36.2 Å². The van der Waals surface area contributed by atoms with E-state index in [0.717, 1.165) is 19.1 Å². The summed E-state index contributed by atoms with van der Waals surface area (Å²) in [6, 6.07) is 6.13. The van der Waals surface area contributed by atoms with Gasteiger partial charge < -0.3 is 25.0 Å². The maximum Gasteiger partial charge on any atom is 0.415 e. The van der Waals surface area contributed by atoms with Gasteiger partial charge >= 0.3 is 24.3 Å². The number of hydrogen-bond donors (Lipinski definition) is 3. The third kappa shape index (κ3) is 7.93. The molecule has 4 rings (SSSR count). The molecule has 1 spiro atoms. The Balaban J connectivity index is 1.56. The number of carbonyl (C=O) groups excluding carboxylic acids is 5. The molecule has 1 saturated heterocycles. The molecule has 2 aromatic rings. The van der Waals surface area contributed by atoms with Crippen LogP contribution in [0.3, 0.4) is 0 Å². The van der Waals surface area contributed by atoms with Crippen molar-refractivity contribution in [1.29, 1.82) is 0 Å². The lowest BCUT2D eigenvalue weighted by Gasteiger charge is -2.32. The van der Waals surface area contributed by atoms with Crippen molar-refractivity contribution in [2.75, 3.05) is 11.9 Å². The highest BCUT2D eigenvalue weighted by Crippen LogP contribution is 2.51. The highest BCUT2D eigenvalue weighted by Gasteiger charge is 2.57. The first-order valence-electron chi connectivity index (χ1n) is 14.4. The van der Waals surface area contributed by atoms with E-state index in [1.807, 2.05) is 0 Å². The molecular weight excluding hydrogens is 616 g/mol. The van der Waals surface area contributed by atoms with Gasteiger partial charge in [-0.1, -0.05) is 18.2 Å². The van der Waals surface area contributed by atoms with Crippen molar-refractivity contribution in [3.8, 4) is 0 Å². The summed E-state index contributed by atoms with van der Waals surface area (Å²) in [6.45, 7) is 5.45. The summed E-state index contributed by atoms with van der Waals surface area (Å²) in [5, 5.41) is 7.16. The molecule has 2 aromatic carbocycles. The van der Waals surface area contributed by atoms with Crippen LogP contribution in [0.2, 0.25) is 0 Å². The predicted molar refractivity (Wildman–Crippen MR) is 155 cm³/mol. The van der Waals surface area contributed by atoms with Crippen LogP contribution in [0.4, 0.5) is 32.8 Å². The molecule has 1 heterocycles.